The highest BCUT2D eigenvalue weighted by Crippen LogP contribution is 2.50. The fourth-order valence-electron chi connectivity index (χ4n) is 3.22. The van der Waals surface area contributed by atoms with Gasteiger partial charge in [-0.05, 0) is 36.3 Å². The lowest BCUT2D eigenvalue weighted by Crippen LogP contribution is -2.24. The molecule has 3 heteroatoms. The molecule has 3 unspecified atom stereocenters. The Kier molecular flexibility index (Phi) is 4.80. The first-order valence-corrected chi connectivity index (χ1v) is 7.32. The molecule has 0 aromatic heterocycles. The number of hydrogen-bond acceptors (Lipinski definition) is 3. The van der Waals surface area contributed by atoms with Crippen molar-refractivity contribution in [3.05, 3.63) is 35.4 Å². The van der Waals surface area contributed by atoms with Gasteiger partial charge in [0.15, 0.2) is 0 Å². The van der Waals surface area contributed by atoms with E-state index in [0.717, 1.165) is 36.8 Å². The van der Waals surface area contributed by atoms with Gasteiger partial charge in [0.2, 0.25) is 0 Å². The van der Waals surface area contributed by atoms with Crippen LogP contribution in [0.5, 0.6) is 0 Å². The summed E-state index contributed by atoms with van der Waals surface area (Å²) >= 11 is 0. The van der Waals surface area contributed by atoms with E-state index in [9.17, 15) is 10.4 Å². The first-order valence-electron chi connectivity index (χ1n) is 7.32. The predicted molar refractivity (Wildman–Crippen MR) is 77.8 cm³/mol. The SMILES string of the molecule is CCC1CCC(C#N)(C(O)c2ccc(COC)cc2)C1. The molecule has 0 heterocycles. The predicted octanol–water partition coefficient (Wildman–Crippen LogP) is 3.59. The van der Waals surface area contributed by atoms with Crippen LogP contribution in [0.1, 0.15) is 49.8 Å². The Morgan fingerprint density at radius 1 is 1.45 bits per heavy atom. The third-order valence-electron chi connectivity index (χ3n) is 4.58. The van der Waals surface area contributed by atoms with Crippen molar-refractivity contribution in [1.82, 2.24) is 0 Å². The van der Waals surface area contributed by atoms with Gasteiger partial charge in [-0.3, -0.25) is 0 Å². The van der Waals surface area contributed by atoms with Crippen molar-refractivity contribution in [3.8, 4) is 6.07 Å². The van der Waals surface area contributed by atoms with Crippen LogP contribution in [0.4, 0.5) is 0 Å². The normalized spacial score (nSPS) is 27.2. The molecule has 0 radical (unpaired) electrons. The molecular weight excluding hydrogens is 250 g/mol. The van der Waals surface area contributed by atoms with Crippen molar-refractivity contribution in [2.75, 3.05) is 7.11 Å². The maximum atomic E-state index is 10.7. The smallest absolute Gasteiger partial charge is 0.0976 e. The molecule has 0 spiro atoms. The molecule has 0 aliphatic heterocycles. The lowest BCUT2D eigenvalue weighted by molar-refractivity contribution is 0.0640. The molecule has 0 amide bonds. The lowest BCUT2D eigenvalue weighted by Gasteiger charge is -2.28. The van der Waals surface area contributed by atoms with Gasteiger partial charge in [-0.2, -0.15) is 5.26 Å². The summed E-state index contributed by atoms with van der Waals surface area (Å²) < 4.78 is 5.08. The van der Waals surface area contributed by atoms with Crippen LogP contribution in [-0.4, -0.2) is 12.2 Å². The van der Waals surface area contributed by atoms with Crippen LogP contribution in [0, 0.1) is 22.7 Å². The third-order valence-corrected chi connectivity index (χ3v) is 4.58. The summed E-state index contributed by atoms with van der Waals surface area (Å²) in [4.78, 5) is 0. The van der Waals surface area contributed by atoms with Crippen LogP contribution < -0.4 is 0 Å². The largest absolute Gasteiger partial charge is 0.387 e. The summed E-state index contributed by atoms with van der Waals surface area (Å²) in [5.74, 6) is 0.567. The molecule has 1 aliphatic carbocycles. The van der Waals surface area contributed by atoms with Gasteiger partial charge in [-0.1, -0.05) is 37.6 Å². The number of rotatable bonds is 5. The van der Waals surface area contributed by atoms with E-state index in [2.05, 4.69) is 13.0 Å². The van der Waals surface area contributed by atoms with Crippen molar-refractivity contribution in [1.29, 1.82) is 5.26 Å². The van der Waals surface area contributed by atoms with Crippen LogP contribution >= 0.6 is 0 Å². The zero-order valence-electron chi connectivity index (χ0n) is 12.3. The average molecular weight is 273 g/mol. The van der Waals surface area contributed by atoms with Gasteiger partial charge in [0.25, 0.3) is 0 Å². The first kappa shape index (κ1) is 15.0. The van der Waals surface area contributed by atoms with E-state index in [1.807, 2.05) is 24.3 Å². The number of ether oxygens (including phenoxy) is 1. The summed E-state index contributed by atoms with van der Waals surface area (Å²) in [6.45, 7) is 2.72. The zero-order valence-corrected chi connectivity index (χ0v) is 12.3. The van der Waals surface area contributed by atoms with Crippen LogP contribution in [0.2, 0.25) is 0 Å². The molecule has 1 N–H and O–H groups in total. The molecule has 0 saturated heterocycles. The average Bonchev–Trinajstić information content (AvgIpc) is 2.92. The molecule has 3 nitrogen and oxygen atoms in total. The highest BCUT2D eigenvalue weighted by atomic mass is 16.5. The van der Waals surface area contributed by atoms with E-state index in [1.165, 1.54) is 0 Å². The van der Waals surface area contributed by atoms with Gasteiger partial charge < -0.3 is 9.84 Å². The minimum atomic E-state index is -0.694. The van der Waals surface area contributed by atoms with Crippen molar-refractivity contribution in [2.24, 2.45) is 11.3 Å². The fraction of sp³-hybridized carbons (Fsp3) is 0.588. The van der Waals surface area contributed by atoms with Gasteiger partial charge in [-0.25, -0.2) is 0 Å². The van der Waals surface area contributed by atoms with E-state index >= 15 is 0 Å². The summed E-state index contributed by atoms with van der Waals surface area (Å²) in [5.41, 5.74) is 1.30. The number of nitriles is 1. The van der Waals surface area contributed by atoms with Crippen molar-refractivity contribution in [3.63, 3.8) is 0 Å². The molecule has 1 aliphatic rings. The number of aliphatic hydroxyl groups excluding tert-OH is 1. The van der Waals surface area contributed by atoms with E-state index in [1.54, 1.807) is 7.11 Å². The standard InChI is InChI=1S/C17H23NO2/c1-3-13-8-9-17(10-13,12-18)16(19)15-6-4-14(5-7-15)11-20-2/h4-7,13,16,19H,3,8-11H2,1-2H3. The lowest BCUT2D eigenvalue weighted by atomic mass is 9.77. The van der Waals surface area contributed by atoms with Gasteiger partial charge in [0.05, 0.1) is 24.2 Å². The maximum Gasteiger partial charge on any atom is 0.0976 e. The Labute approximate surface area is 121 Å². The second-order valence-corrected chi connectivity index (χ2v) is 5.86. The summed E-state index contributed by atoms with van der Waals surface area (Å²) in [7, 11) is 1.66. The topological polar surface area (TPSA) is 53.2 Å². The first-order chi connectivity index (χ1) is 9.65. The molecular formula is C17H23NO2. The van der Waals surface area contributed by atoms with Crippen molar-refractivity contribution in [2.45, 2.75) is 45.3 Å². The van der Waals surface area contributed by atoms with Gasteiger partial charge in [0.1, 0.15) is 0 Å². The Morgan fingerprint density at radius 3 is 2.65 bits per heavy atom. The van der Waals surface area contributed by atoms with Crippen LogP contribution in [0.3, 0.4) is 0 Å². The molecule has 3 atom stereocenters. The van der Waals surface area contributed by atoms with E-state index in [4.69, 9.17) is 4.74 Å². The molecule has 1 aromatic carbocycles. The summed E-state index contributed by atoms with van der Waals surface area (Å²) in [6.07, 6.45) is 3.04. The van der Waals surface area contributed by atoms with E-state index in [0.29, 0.717) is 12.5 Å². The van der Waals surface area contributed by atoms with Gasteiger partial charge in [-0.15, -0.1) is 0 Å². The van der Waals surface area contributed by atoms with Gasteiger partial charge in [0, 0.05) is 7.11 Å². The van der Waals surface area contributed by atoms with Crippen LogP contribution in [0.15, 0.2) is 24.3 Å². The quantitative estimate of drug-likeness (QED) is 0.892. The van der Waals surface area contributed by atoms with Crippen LogP contribution in [-0.2, 0) is 11.3 Å². The number of hydrogen-bond donors (Lipinski definition) is 1. The highest BCUT2D eigenvalue weighted by Gasteiger charge is 2.45. The van der Waals surface area contributed by atoms with E-state index < -0.39 is 11.5 Å². The van der Waals surface area contributed by atoms with Gasteiger partial charge >= 0.3 is 0 Å². The van der Waals surface area contributed by atoms with E-state index in [-0.39, 0.29) is 0 Å². The molecule has 1 fully saturated rings. The summed E-state index contributed by atoms with van der Waals surface area (Å²) in [6, 6.07) is 10.1. The van der Waals surface area contributed by atoms with Crippen molar-refractivity contribution < 1.29 is 9.84 Å². The minimum absolute atomic E-state index is 0.567. The zero-order chi connectivity index (χ0) is 14.6. The van der Waals surface area contributed by atoms with Crippen molar-refractivity contribution >= 4 is 0 Å². The fourth-order valence-corrected chi connectivity index (χ4v) is 3.22. The molecule has 0 bridgehead atoms. The summed E-state index contributed by atoms with van der Waals surface area (Å²) in [5, 5.41) is 20.2. The Hall–Kier alpha value is -1.37. The third kappa shape index (κ3) is 2.87. The molecule has 2 rings (SSSR count). The Bertz CT molecular complexity index is 477. The molecule has 1 aromatic rings. The maximum absolute atomic E-state index is 10.7. The number of nitrogens with zero attached hydrogens (tertiary/aromatic N) is 1. The Balaban J connectivity index is 2.17. The Morgan fingerprint density at radius 2 is 2.15 bits per heavy atom. The molecule has 20 heavy (non-hydrogen) atoms. The second-order valence-electron chi connectivity index (χ2n) is 5.86. The van der Waals surface area contributed by atoms with Crippen LogP contribution in [0.25, 0.3) is 0 Å². The molecule has 108 valence electrons. The number of methoxy groups -OCH3 is 1. The second kappa shape index (κ2) is 6.39. The highest BCUT2D eigenvalue weighted by molar-refractivity contribution is 5.27. The number of benzene rings is 1. The minimum Gasteiger partial charge on any atom is -0.387 e. The molecule has 1 saturated carbocycles. The number of aliphatic hydroxyl groups is 1. The monoisotopic (exact) mass is 273 g/mol.